The van der Waals surface area contributed by atoms with Crippen LogP contribution in [0, 0.1) is 0 Å². The quantitative estimate of drug-likeness (QED) is 0.475. The highest BCUT2D eigenvalue weighted by Gasteiger charge is 2.24. The molecule has 178 valence electrons. The number of rotatable bonds is 9. The Kier molecular flexibility index (Phi) is 7.14. The van der Waals surface area contributed by atoms with Gasteiger partial charge in [0.05, 0.1) is 23.3 Å². The molecule has 2 heterocycles. The van der Waals surface area contributed by atoms with Crippen LogP contribution in [0.15, 0.2) is 70.7 Å². The van der Waals surface area contributed by atoms with E-state index in [1.807, 2.05) is 6.07 Å². The largest absolute Gasteiger partial charge is 0.497 e. The minimum Gasteiger partial charge on any atom is -0.497 e. The number of aromatic carboxylic acids is 1. The molecule has 0 bridgehead atoms. The lowest BCUT2D eigenvalue weighted by molar-refractivity contribution is 0.0697. The first-order valence-electron chi connectivity index (χ1n) is 11.0. The number of hydrogen-bond donors (Lipinski definition) is 2. The average Bonchev–Trinajstić information content (AvgIpc) is 3.36. The Morgan fingerprint density at radius 3 is 2.44 bits per heavy atom. The van der Waals surface area contributed by atoms with E-state index in [0.29, 0.717) is 23.5 Å². The summed E-state index contributed by atoms with van der Waals surface area (Å²) in [6, 6.07) is 14.7. The van der Waals surface area contributed by atoms with E-state index < -0.39 is 15.8 Å². The molecule has 4 rings (SSSR count). The molecule has 1 fully saturated rings. The molecular formula is C25H27N3O5S. The molecule has 34 heavy (non-hydrogen) atoms. The number of nitrogens with one attached hydrogen (secondary N) is 1. The summed E-state index contributed by atoms with van der Waals surface area (Å²) < 4.78 is 31.7. The Balaban J connectivity index is 1.64. The second-order valence-corrected chi connectivity index (χ2v) is 9.99. The summed E-state index contributed by atoms with van der Waals surface area (Å²) in [5.74, 6) is -0.485. The monoisotopic (exact) mass is 481 g/mol. The van der Waals surface area contributed by atoms with Crippen molar-refractivity contribution in [2.24, 2.45) is 0 Å². The van der Waals surface area contributed by atoms with Gasteiger partial charge in [0.1, 0.15) is 5.75 Å². The minimum absolute atomic E-state index is 0.0680. The first-order valence-corrected chi connectivity index (χ1v) is 12.5. The number of carbonyl (C=O) groups is 1. The zero-order chi connectivity index (χ0) is 24.1. The number of benzene rings is 2. The second-order valence-electron chi connectivity index (χ2n) is 8.13. The van der Waals surface area contributed by atoms with Crippen LogP contribution in [0.5, 0.6) is 5.75 Å². The molecule has 0 atom stereocenters. The van der Waals surface area contributed by atoms with Gasteiger partial charge in [0.15, 0.2) is 5.03 Å². The van der Waals surface area contributed by atoms with E-state index in [-0.39, 0.29) is 22.0 Å². The van der Waals surface area contributed by atoms with Crippen molar-refractivity contribution in [3.63, 3.8) is 0 Å². The van der Waals surface area contributed by atoms with Gasteiger partial charge in [-0.15, -0.1) is 0 Å². The molecular weight excluding hydrogens is 454 g/mol. The standard InChI is InChI=1S/C25H27N3O5S/c1-33-20-9-11-21(12-10-20)34(31,32)24-18(7-5-13-26-24)16-27-23-19(17-28-14-2-3-15-28)6-4-8-22(23)25(29)30/h4-13,27H,2-3,14-17H2,1H3,(H,29,30). The van der Waals surface area contributed by atoms with Gasteiger partial charge in [0.2, 0.25) is 9.84 Å². The maximum absolute atomic E-state index is 13.3. The number of para-hydroxylation sites is 1. The molecule has 8 nitrogen and oxygen atoms in total. The van der Waals surface area contributed by atoms with Crippen molar-refractivity contribution in [1.29, 1.82) is 0 Å². The lowest BCUT2D eigenvalue weighted by atomic mass is 10.1. The number of ether oxygens (including phenoxy) is 1. The fraction of sp³-hybridized carbons (Fsp3) is 0.280. The zero-order valence-electron chi connectivity index (χ0n) is 18.9. The number of carboxylic acid groups (broad SMARTS) is 1. The summed E-state index contributed by atoms with van der Waals surface area (Å²) >= 11 is 0. The molecule has 1 aliphatic rings. The lowest BCUT2D eigenvalue weighted by Crippen LogP contribution is -2.20. The van der Waals surface area contributed by atoms with E-state index in [1.165, 1.54) is 25.4 Å². The van der Waals surface area contributed by atoms with E-state index in [0.717, 1.165) is 31.5 Å². The van der Waals surface area contributed by atoms with Crippen LogP contribution in [-0.2, 0) is 22.9 Å². The number of nitrogens with zero attached hydrogens (tertiary/aromatic N) is 2. The molecule has 0 spiro atoms. The molecule has 0 aliphatic carbocycles. The summed E-state index contributed by atoms with van der Waals surface area (Å²) in [6.45, 7) is 2.69. The summed E-state index contributed by atoms with van der Waals surface area (Å²) in [4.78, 5) is 18.5. The van der Waals surface area contributed by atoms with Crippen LogP contribution in [0.3, 0.4) is 0 Å². The number of hydrogen-bond acceptors (Lipinski definition) is 7. The fourth-order valence-electron chi connectivity index (χ4n) is 4.15. The maximum atomic E-state index is 13.3. The van der Waals surface area contributed by atoms with E-state index in [9.17, 15) is 18.3 Å². The highest BCUT2D eigenvalue weighted by Crippen LogP contribution is 2.28. The molecule has 1 aliphatic heterocycles. The van der Waals surface area contributed by atoms with Crippen LogP contribution >= 0.6 is 0 Å². The molecule has 9 heteroatoms. The topological polar surface area (TPSA) is 109 Å². The molecule has 3 aromatic rings. The third-order valence-corrected chi connectivity index (χ3v) is 7.67. The van der Waals surface area contributed by atoms with Crippen molar-refractivity contribution in [2.75, 3.05) is 25.5 Å². The maximum Gasteiger partial charge on any atom is 0.337 e. The highest BCUT2D eigenvalue weighted by atomic mass is 32.2. The van der Waals surface area contributed by atoms with E-state index in [2.05, 4.69) is 15.2 Å². The number of likely N-dealkylation sites (tertiary alicyclic amines) is 1. The third-order valence-electron chi connectivity index (χ3n) is 5.90. The molecule has 0 saturated carbocycles. The van der Waals surface area contributed by atoms with Crippen molar-refractivity contribution < 1.29 is 23.1 Å². The Morgan fingerprint density at radius 1 is 1.06 bits per heavy atom. The van der Waals surface area contributed by atoms with Crippen molar-refractivity contribution in [3.05, 3.63) is 77.5 Å². The molecule has 2 N–H and O–H groups in total. The normalized spacial score (nSPS) is 14.1. The summed E-state index contributed by atoms with van der Waals surface area (Å²) in [6.07, 6.45) is 3.69. The van der Waals surface area contributed by atoms with Crippen molar-refractivity contribution in [2.45, 2.75) is 35.9 Å². The zero-order valence-corrected chi connectivity index (χ0v) is 19.7. The number of pyridine rings is 1. The number of sulfone groups is 1. The predicted molar refractivity (Wildman–Crippen MR) is 128 cm³/mol. The molecule has 2 aromatic carbocycles. The van der Waals surface area contributed by atoms with Gasteiger partial charge in [0, 0.05) is 24.8 Å². The van der Waals surface area contributed by atoms with Gasteiger partial charge >= 0.3 is 5.97 Å². The predicted octanol–water partition coefficient (Wildman–Crippen LogP) is 3.83. The van der Waals surface area contributed by atoms with Gasteiger partial charge in [0.25, 0.3) is 0 Å². The van der Waals surface area contributed by atoms with Crippen LogP contribution in [0.2, 0.25) is 0 Å². The second kappa shape index (κ2) is 10.2. The minimum atomic E-state index is -3.89. The Morgan fingerprint density at radius 2 is 1.76 bits per heavy atom. The first-order chi connectivity index (χ1) is 16.4. The Labute approximate surface area is 199 Å². The SMILES string of the molecule is COc1ccc(S(=O)(=O)c2ncccc2CNc2c(CN3CCCC3)cccc2C(=O)O)cc1. The third kappa shape index (κ3) is 5.05. The van der Waals surface area contributed by atoms with Crippen molar-refractivity contribution in [1.82, 2.24) is 9.88 Å². The fourth-order valence-corrected chi connectivity index (χ4v) is 5.55. The molecule has 0 amide bonds. The van der Waals surface area contributed by atoms with E-state index in [4.69, 9.17) is 4.74 Å². The first kappa shape index (κ1) is 23.7. The van der Waals surface area contributed by atoms with E-state index >= 15 is 0 Å². The molecule has 0 unspecified atom stereocenters. The van der Waals surface area contributed by atoms with Crippen LogP contribution in [0.25, 0.3) is 0 Å². The van der Waals surface area contributed by atoms with Crippen LogP contribution in [0.1, 0.15) is 34.3 Å². The van der Waals surface area contributed by atoms with Crippen LogP contribution in [-0.4, -0.2) is 49.6 Å². The van der Waals surface area contributed by atoms with Gasteiger partial charge in [-0.05, 0) is 67.9 Å². The highest BCUT2D eigenvalue weighted by molar-refractivity contribution is 7.91. The number of methoxy groups -OCH3 is 1. The summed E-state index contributed by atoms with van der Waals surface area (Å²) in [7, 11) is -2.37. The molecule has 1 saturated heterocycles. The average molecular weight is 482 g/mol. The smallest absolute Gasteiger partial charge is 0.337 e. The Hall–Kier alpha value is -3.43. The van der Waals surface area contributed by atoms with Crippen molar-refractivity contribution >= 4 is 21.5 Å². The van der Waals surface area contributed by atoms with Crippen molar-refractivity contribution in [3.8, 4) is 5.75 Å². The molecule has 1 aromatic heterocycles. The Bertz CT molecular complexity index is 1270. The van der Waals surface area contributed by atoms with Gasteiger partial charge in [-0.1, -0.05) is 18.2 Å². The van der Waals surface area contributed by atoms with Gasteiger partial charge in [-0.25, -0.2) is 18.2 Å². The van der Waals surface area contributed by atoms with Gasteiger partial charge < -0.3 is 15.2 Å². The van der Waals surface area contributed by atoms with Gasteiger partial charge in [-0.2, -0.15) is 0 Å². The number of anilines is 1. The number of carboxylic acids is 1. The summed E-state index contributed by atoms with van der Waals surface area (Å²) in [5.41, 5.74) is 1.97. The number of aromatic nitrogens is 1. The lowest BCUT2D eigenvalue weighted by Gasteiger charge is -2.20. The van der Waals surface area contributed by atoms with Crippen LogP contribution in [0.4, 0.5) is 5.69 Å². The van der Waals surface area contributed by atoms with Gasteiger partial charge in [-0.3, -0.25) is 4.90 Å². The van der Waals surface area contributed by atoms with Crippen LogP contribution < -0.4 is 10.1 Å². The summed E-state index contributed by atoms with van der Waals surface area (Å²) in [5, 5.41) is 12.9. The van der Waals surface area contributed by atoms with E-state index in [1.54, 1.807) is 36.4 Å². The molecule has 0 radical (unpaired) electrons.